The topological polar surface area (TPSA) is 149 Å². The SMILES string of the molecule is C=CCOC(=O)CN(CCN[C-]=O)C(=O)CCN(C(=O)OC(C)(C)C)c1ccc(OCc2ccc(OC)cc2)nn1.[Fm]. The number of ether oxygens (including phenoxy) is 4. The second kappa shape index (κ2) is 17.1. The van der Waals surface area contributed by atoms with Crippen LogP contribution >= 0.6 is 0 Å². The first-order chi connectivity index (χ1) is 19.6. The summed E-state index contributed by atoms with van der Waals surface area (Å²) in [5, 5.41) is 10.5. The summed E-state index contributed by atoms with van der Waals surface area (Å²) in [6.07, 6.45) is 2.00. The number of methoxy groups -OCH3 is 1. The van der Waals surface area contributed by atoms with Gasteiger partial charge in [-0.25, -0.2) is 4.79 Å². The zero-order chi connectivity index (χ0) is 30.3. The third-order valence-electron chi connectivity index (χ3n) is 5.23. The molecule has 0 saturated heterocycles. The molecule has 0 atom stereocenters. The van der Waals surface area contributed by atoms with E-state index in [0.29, 0.717) is 0 Å². The molecule has 2 aromatic rings. The standard InChI is InChI=1S/C28H36N5O8.Fm/c1-6-17-39-26(36)18-32(16-14-29-20-34)25(35)13-15-33(27(37)41-28(2,3)4)23-11-12-24(31-30-23)40-19-21-7-9-22(38-5)10-8-21;/h6-12H,1,13-19H2,2-5H3,(H,29,34);/q-1;. The quantitative estimate of drug-likeness (QED) is 0.0880. The van der Waals surface area contributed by atoms with E-state index in [4.69, 9.17) is 18.9 Å². The Labute approximate surface area is 239 Å². The molecule has 42 heavy (non-hydrogen) atoms. The average Bonchev–Trinajstić information content (AvgIpc) is 2.94. The minimum Gasteiger partial charge on any atom is -0.528 e. The molecular weight excluding hydrogens is 791 g/mol. The summed E-state index contributed by atoms with van der Waals surface area (Å²) in [7, 11) is 1.59. The molecule has 0 saturated carbocycles. The summed E-state index contributed by atoms with van der Waals surface area (Å²) in [6, 6.07) is 10.4. The number of carbonyl (C=O) groups is 3. The molecule has 1 aromatic heterocycles. The smallest absolute Gasteiger partial charge is 0.416 e. The fraction of sp³-hybridized carbons (Fsp3) is 0.429. The van der Waals surface area contributed by atoms with Gasteiger partial charge in [0, 0.05) is 32.1 Å². The molecule has 3 amide bonds. The van der Waals surface area contributed by atoms with Gasteiger partial charge in [-0.05, 0) is 44.5 Å². The van der Waals surface area contributed by atoms with Gasteiger partial charge in [0.1, 0.15) is 31.1 Å². The van der Waals surface area contributed by atoms with Crippen LogP contribution in [0.3, 0.4) is 0 Å². The number of nitrogens with one attached hydrogen (secondary N) is 1. The first kappa shape index (κ1) is 34.3. The normalized spacial score (nSPS) is 10.4. The van der Waals surface area contributed by atoms with Crippen LogP contribution in [0.4, 0.5) is 10.6 Å². The molecule has 0 spiro atoms. The largest absolute Gasteiger partial charge is 0.528 e. The molecule has 1 aromatic carbocycles. The number of anilines is 1. The number of hydrogen-bond acceptors (Lipinski definition) is 10. The molecule has 0 unspecified atom stereocenters. The van der Waals surface area contributed by atoms with Crippen molar-refractivity contribution in [2.45, 2.75) is 39.4 Å². The maximum atomic E-state index is 13.0. The van der Waals surface area contributed by atoms with Crippen molar-refractivity contribution < 1.29 is 38.1 Å². The van der Waals surface area contributed by atoms with Crippen molar-refractivity contribution in [3.63, 3.8) is 0 Å². The number of nitrogens with zero attached hydrogens (tertiary/aromatic N) is 4. The Balaban J connectivity index is 0.00000882. The van der Waals surface area contributed by atoms with Gasteiger partial charge in [0.05, 0.1) is 7.11 Å². The van der Waals surface area contributed by atoms with Crippen LogP contribution in [-0.2, 0) is 30.5 Å². The maximum Gasteiger partial charge on any atom is 0.416 e. The van der Waals surface area contributed by atoms with Crippen molar-refractivity contribution >= 4 is 30.2 Å². The van der Waals surface area contributed by atoms with Gasteiger partial charge in [-0.1, -0.05) is 24.8 Å². The van der Waals surface area contributed by atoms with Gasteiger partial charge in [0.25, 0.3) is 0 Å². The van der Waals surface area contributed by atoms with Crippen LogP contribution in [0.1, 0.15) is 32.8 Å². The van der Waals surface area contributed by atoms with Gasteiger partial charge >= 0.3 is 12.1 Å². The van der Waals surface area contributed by atoms with Gasteiger partial charge in [0.2, 0.25) is 11.8 Å². The van der Waals surface area contributed by atoms with Crippen molar-refractivity contribution in [3.8, 4) is 11.6 Å². The van der Waals surface area contributed by atoms with Gasteiger partial charge < -0.3 is 34.0 Å². The molecule has 1 N–H and O–H groups in total. The molecule has 13 nitrogen and oxygen atoms in total. The first-order valence-electron chi connectivity index (χ1n) is 12.8. The van der Waals surface area contributed by atoms with Crippen LogP contribution in [0.2, 0.25) is 0 Å². The van der Waals surface area contributed by atoms with E-state index in [1.54, 1.807) is 33.9 Å². The van der Waals surface area contributed by atoms with Crippen molar-refractivity contribution in [1.29, 1.82) is 0 Å². The van der Waals surface area contributed by atoms with Gasteiger partial charge in [-0.15, -0.1) is 10.2 Å². The van der Waals surface area contributed by atoms with Crippen molar-refractivity contribution in [1.82, 2.24) is 20.4 Å². The van der Waals surface area contributed by atoms with Gasteiger partial charge in [0.15, 0.2) is 5.82 Å². The van der Waals surface area contributed by atoms with Crippen molar-refractivity contribution in [2.24, 2.45) is 0 Å². The molecule has 0 aliphatic carbocycles. The van der Waals surface area contributed by atoms with Crippen LogP contribution in [0.15, 0.2) is 49.1 Å². The molecule has 0 aliphatic heterocycles. The molecule has 234 valence electrons. The number of benzene rings is 1. The fourth-order valence-corrected chi connectivity index (χ4v) is 3.28. The van der Waals surface area contributed by atoms with E-state index in [0.717, 1.165) is 11.3 Å². The van der Waals surface area contributed by atoms with Gasteiger partial charge in [-0.3, -0.25) is 14.5 Å². The number of esters is 1. The molecule has 0 radical (unpaired) electrons. The van der Waals surface area contributed by atoms with Crippen LogP contribution in [0, 0.1) is 0 Å². The molecule has 0 aliphatic rings. The fourth-order valence-electron chi connectivity index (χ4n) is 3.28. The maximum absolute atomic E-state index is 13.0. The number of hydrogen-bond donors (Lipinski definition) is 1. The number of aromatic nitrogens is 2. The van der Waals surface area contributed by atoms with E-state index in [-0.39, 0.29) is 57.5 Å². The Kier molecular flexibility index (Phi) is 14.0. The van der Waals surface area contributed by atoms with Crippen LogP contribution in [-0.4, -0.2) is 85.0 Å². The Bertz CT molecular complexity index is 1160. The molecule has 0 fully saturated rings. The van der Waals surface area contributed by atoms with Crippen LogP contribution in [0.5, 0.6) is 11.6 Å². The minimum absolute atomic E-state index is 0. The molecule has 2 rings (SSSR count). The molecule has 14 heteroatoms. The minimum atomic E-state index is -0.813. The van der Waals surface area contributed by atoms with Crippen molar-refractivity contribution in [3.05, 3.63) is 54.6 Å². The third-order valence-corrected chi connectivity index (χ3v) is 5.23. The predicted octanol–water partition coefficient (Wildman–Crippen LogP) is 2.41. The summed E-state index contributed by atoms with van der Waals surface area (Å²) >= 11 is 0. The number of amides is 3. The Morgan fingerprint density at radius 1 is 1.07 bits per heavy atom. The number of carbonyl (C=O) groups excluding carboxylic acids is 4. The summed E-state index contributed by atoms with van der Waals surface area (Å²) in [6.45, 7) is 8.48. The zero-order valence-corrected chi connectivity index (χ0v) is 26.4. The summed E-state index contributed by atoms with van der Waals surface area (Å²) < 4.78 is 21.3. The second-order valence-electron chi connectivity index (χ2n) is 9.56. The van der Waals surface area contributed by atoms with Crippen molar-refractivity contribution in [2.75, 3.05) is 44.8 Å². The Morgan fingerprint density at radius 2 is 1.79 bits per heavy atom. The second-order valence-corrected chi connectivity index (χ2v) is 9.56. The van der Waals surface area contributed by atoms with E-state index < -0.39 is 23.6 Å². The monoisotopic (exact) mass is 827 g/mol. The Hall–Kier alpha value is -5.68. The summed E-state index contributed by atoms with van der Waals surface area (Å²) in [5.74, 6) is -0.0142. The van der Waals surface area contributed by atoms with E-state index in [2.05, 4.69) is 22.1 Å². The molecule has 0 bridgehead atoms. The Morgan fingerprint density at radius 3 is 2.36 bits per heavy atom. The summed E-state index contributed by atoms with van der Waals surface area (Å²) in [4.78, 5) is 51.1. The van der Waals surface area contributed by atoms with Crippen LogP contribution < -0.4 is 19.7 Å². The molecule has 1 heterocycles. The van der Waals surface area contributed by atoms with E-state index >= 15 is 0 Å². The predicted molar refractivity (Wildman–Crippen MR) is 149 cm³/mol. The third kappa shape index (κ3) is 12.0. The molecular formula is C28H36FmN5O8-. The summed E-state index contributed by atoms with van der Waals surface area (Å²) in [5.41, 5.74) is 0.0799. The zero-order valence-electron chi connectivity index (χ0n) is 24.0. The van der Waals surface area contributed by atoms with Crippen LogP contribution in [0.25, 0.3) is 0 Å². The van der Waals surface area contributed by atoms with E-state index in [1.165, 1.54) is 28.4 Å². The van der Waals surface area contributed by atoms with Gasteiger partial charge in [-0.2, -0.15) is 6.41 Å². The van der Waals surface area contributed by atoms with E-state index in [1.807, 2.05) is 24.3 Å². The van der Waals surface area contributed by atoms with E-state index in [9.17, 15) is 19.2 Å². The number of rotatable bonds is 16. The average molecular weight is 828 g/mol. The first-order valence-corrected chi connectivity index (χ1v) is 12.8.